The van der Waals surface area contributed by atoms with Gasteiger partial charge in [0.15, 0.2) is 11.6 Å². The van der Waals surface area contributed by atoms with Crippen LogP contribution in [0.4, 0.5) is 0 Å². The standard InChI is InChI=1S/C20H25N3O3/c1-15(2)6-8-20(19(24)25)7-4-9-23(14-20)13-16-11-21-18(22-12-16)17-5-3-10-26-17/h3,5-6,10-12H,4,7-9,13-14H2,1-2H3,(H,24,25)/t20-/m1/s1. The average molecular weight is 355 g/mol. The van der Waals surface area contributed by atoms with Crippen molar-refractivity contribution in [2.45, 2.75) is 39.7 Å². The van der Waals surface area contributed by atoms with Crippen LogP contribution in [-0.4, -0.2) is 39.0 Å². The Morgan fingerprint density at radius 1 is 1.38 bits per heavy atom. The van der Waals surface area contributed by atoms with E-state index in [9.17, 15) is 9.90 Å². The van der Waals surface area contributed by atoms with E-state index in [0.29, 0.717) is 31.1 Å². The summed E-state index contributed by atoms with van der Waals surface area (Å²) in [7, 11) is 0. The number of hydrogen-bond donors (Lipinski definition) is 1. The van der Waals surface area contributed by atoms with Crippen molar-refractivity contribution in [1.82, 2.24) is 14.9 Å². The Morgan fingerprint density at radius 2 is 2.15 bits per heavy atom. The number of rotatable bonds is 6. The molecule has 0 aromatic carbocycles. The molecule has 1 N–H and O–H groups in total. The molecule has 26 heavy (non-hydrogen) atoms. The molecule has 138 valence electrons. The molecule has 0 bridgehead atoms. The van der Waals surface area contributed by atoms with Gasteiger partial charge in [-0.2, -0.15) is 0 Å². The van der Waals surface area contributed by atoms with Gasteiger partial charge < -0.3 is 9.52 Å². The normalized spacial score (nSPS) is 20.7. The number of aromatic nitrogens is 2. The van der Waals surface area contributed by atoms with Crippen LogP contribution in [0.15, 0.2) is 46.9 Å². The molecule has 3 heterocycles. The van der Waals surface area contributed by atoms with Gasteiger partial charge in [-0.3, -0.25) is 9.69 Å². The fourth-order valence-corrected chi connectivity index (χ4v) is 3.42. The summed E-state index contributed by atoms with van der Waals surface area (Å²) in [6, 6.07) is 3.63. The van der Waals surface area contributed by atoms with E-state index in [2.05, 4.69) is 14.9 Å². The van der Waals surface area contributed by atoms with Gasteiger partial charge in [-0.05, 0) is 51.8 Å². The SMILES string of the molecule is CC(C)=CC[C@]1(C(=O)O)CCCN(Cc2cnc(-c3ccco3)nc2)C1. The Bertz CT molecular complexity index is 764. The van der Waals surface area contributed by atoms with E-state index in [4.69, 9.17) is 4.42 Å². The predicted molar refractivity (Wildman–Crippen MR) is 98.4 cm³/mol. The molecule has 0 spiro atoms. The number of hydrogen-bond acceptors (Lipinski definition) is 5. The Labute approximate surface area is 153 Å². The lowest BCUT2D eigenvalue weighted by Crippen LogP contribution is -2.47. The maximum Gasteiger partial charge on any atom is 0.311 e. The third kappa shape index (κ3) is 4.19. The fourth-order valence-electron chi connectivity index (χ4n) is 3.42. The summed E-state index contributed by atoms with van der Waals surface area (Å²) in [5.41, 5.74) is 1.43. The second kappa shape index (κ2) is 7.83. The first-order valence-electron chi connectivity index (χ1n) is 8.92. The van der Waals surface area contributed by atoms with E-state index in [0.717, 1.165) is 30.5 Å². The lowest BCUT2D eigenvalue weighted by atomic mass is 9.76. The van der Waals surface area contributed by atoms with Gasteiger partial charge >= 0.3 is 5.97 Å². The third-order valence-electron chi connectivity index (χ3n) is 4.86. The molecule has 6 nitrogen and oxygen atoms in total. The van der Waals surface area contributed by atoms with E-state index >= 15 is 0 Å². The van der Waals surface area contributed by atoms with Gasteiger partial charge in [0.25, 0.3) is 0 Å². The van der Waals surface area contributed by atoms with Crippen molar-refractivity contribution >= 4 is 5.97 Å². The van der Waals surface area contributed by atoms with Gasteiger partial charge in [0, 0.05) is 31.0 Å². The number of carbonyl (C=O) groups is 1. The molecule has 0 unspecified atom stereocenters. The van der Waals surface area contributed by atoms with Crippen molar-refractivity contribution in [3.63, 3.8) is 0 Å². The van der Waals surface area contributed by atoms with Gasteiger partial charge in [-0.15, -0.1) is 0 Å². The lowest BCUT2D eigenvalue weighted by Gasteiger charge is -2.39. The van der Waals surface area contributed by atoms with Crippen LogP contribution in [0.1, 0.15) is 38.7 Å². The maximum absolute atomic E-state index is 12.0. The summed E-state index contributed by atoms with van der Waals surface area (Å²) in [6.07, 6.45) is 9.40. The second-order valence-electron chi connectivity index (χ2n) is 7.28. The van der Waals surface area contributed by atoms with Crippen LogP contribution in [0.25, 0.3) is 11.6 Å². The molecule has 1 saturated heterocycles. The highest BCUT2D eigenvalue weighted by atomic mass is 16.4. The van der Waals surface area contributed by atoms with Crippen molar-refractivity contribution in [2.75, 3.05) is 13.1 Å². The second-order valence-corrected chi connectivity index (χ2v) is 7.28. The van der Waals surface area contributed by atoms with Crippen LogP contribution in [-0.2, 0) is 11.3 Å². The van der Waals surface area contributed by atoms with Crippen LogP contribution in [0, 0.1) is 5.41 Å². The molecular weight excluding hydrogens is 330 g/mol. The van der Waals surface area contributed by atoms with E-state index < -0.39 is 11.4 Å². The van der Waals surface area contributed by atoms with E-state index in [1.54, 1.807) is 24.7 Å². The maximum atomic E-state index is 12.0. The summed E-state index contributed by atoms with van der Waals surface area (Å²) in [5.74, 6) is 0.492. The van der Waals surface area contributed by atoms with Crippen LogP contribution < -0.4 is 0 Å². The van der Waals surface area contributed by atoms with Crippen LogP contribution in [0.5, 0.6) is 0 Å². The fraction of sp³-hybridized carbons (Fsp3) is 0.450. The molecule has 1 atom stereocenters. The number of likely N-dealkylation sites (tertiary alicyclic amines) is 1. The van der Waals surface area contributed by atoms with Gasteiger partial charge in [0.1, 0.15) is 0 Å². The Hall–Kier alpha value is -2.47. The zero-order valence-electron chi connectivity index (χ0n) is 15.3. The van der Waals surface area contributed by atoms with Crippen molar-refractivity contribution in [1.29, 1.82) is 0 Å². The first kappa shape index (κ1) is 18.3. The summed E-state index contributed by atoms with van der Waals surface area (Å²) >= 11 is 0. The van der Waals surface area contributed by atoms with Crippen molar-refractivity contribution in [2.24, 2.45) is 5.41 Å². The zero-order valence-corrected chi connectivity index (χ0v) is 15.3. The number of aliphatic carboxylic acids is 1. The van der Waals surface area contributed by atoms with Crippen molar-refractivity contribution in [3.05, 3.63) is 48.0 Å². The molecule has 1 aliphatic rings. The number of allylic oxidation sites excluding steroid dienone is 2. The summed E-state index contributed by atoms with van der Waals surface area (Å²) in [6.45, 7) is 6.11. The minimum atomic E-state index is -0.705. The number of piperidine rings is 1. The van der Waals surface area contributed by atoms with Gasteiger partial charge in [0.2, 0.25) is 0 Å². The van der Waals surface area contributed by atoms with Crippen molar-refractivity contribution in [3.8, 4) is 11.6 Å². The smallest absolute Gasteiger partial charge is 0.311 e. The van der Waals surface area contributed by atoms with E-state index in [1.807, 2.05) is 26.0 Å². The molecule has 0 saturated carbocycles. The quantitative estimate of drug-likeness (QED) is 0.795. The average Bonchev–Trinajstić information content (AvgIpc) is 3.15. The Kier molecular flexibility index (Phi) is 5.52. The molecule has 2 aromatic heterocycles. The molecule has 2 aromatic rings. The number of nitrogens with zero attached hydrogens (tertiary/aromatic N) is 3. The molecule has 0 aliphatic carbocycles. The monoisotopic (exact) mass is 355 g/mol. The first-order chi connectivity index (χ1) is 12.5. The largest absolute Gasteiger partial charge is 0.481 e. The zero-order chi connectivity index (χ0) is 18.6. The third-order valence-corrected chi connectivity index (χ3v) is 4.86. The Morgan fingerprint density at radius 3 is 2.77 bits per heavy atom. The minimum Gasteiger partial charge on any atom is -0.481 e. The molecule has 6 heteroatoms. The molecule has 1 fully saturated rings. The molecule has 3 rings (SSSR count). The topological polar surface area (TPSA) is 79.5 Å². The lowest BCUT2D eigenvalue weighted by molar-refractivity contribution is -0.152. The predicted octanol–water partition coefficient (Wildman–Crippen LogP) is 3.76. The number of carboxylic acid groups (broad SMARTS) is 1. The van der Waals surface area contributed by atoms with Crippen LogP contribution in [0.3, 0.4) is 0 Å². The van der Waals surface area contributed by atoms with Gasteiger partial charge in [-0.25, -0.2) is 9.97 Å². The summed E-state index contributed by atoms with van der Waals surface area (Å²) in [5, 5.41) is 9.84. The van der Waals surface area contributed by atoms with Crippen molar-refractivity contribution < 1.29 is 14.3 Å². The molecule has 0 amide bonds. The minimum absolute atomic E-state index is 0.548. The number of furan rings is 1. The van der Waals surface area contributed by atoms with Crippen LogP contribution >= 0.6 is 0 Å². The highest BCUT2D eigenvalue weighted by Crippen LogP contribution is 2.35. The molecule has 0 radical (unpaired) electrons. The highest BCUT2D eigenvalue weighted by molar-refractivity contribution is 5.75. The summed E-state index contributed by atoms with van der Waals surface area (Å²) in [4.78, 5) is 22.9. The molecular formula is C20H25N3O3. The first-order valence-corrected chi connectivity index (χ1v) is 8.92. The Balaban J connectivity index is 1.69. The number of carboxylic acids is 1. The summed E-state index contributed by atoms with van der Waals surface area (Å²) < 4.78 is 5.30. The molecule has 1 aliphatic heterocycles. The van der Waals surface area contributed by atoms with Gasteiger partial charge in [-0.1, -0.05) is 11.6 Å². The highest BCUT2D eigenvalue weighted by Gasteiger charge is 2.41. The van der Waals surface area contributed by atoms with E-state index in [1.165, 1.54) is 0 Å². The van der Waals surface area contributed by atoms with Gasteiger partial charge in [0.05, 0.1) is 11.7 Å². The van der Waals surface area contributed by atoms with E-state index in [-0.39, 0.29) is 0 Å². The van der Waals surface area contributed by atoms with Crippen LogP contribution in [0.2, 0.25) is 0 Å².